The molecule has 1 aromatic carbocycles. The normalized spacial score (nSPS) is 11.6. The first kappa shape index (κ1) is 12.9. The third-order valence-corrected chi connectivity index (χ3v) is 2.52. The van der Waals surface area contributed by atoms with Crippen LogP contribution in [0.3, 0.4) is 0 Å². The fourth-order valence-corrected chi connectivity index (χ4v) is 1.40. The van der Waals surface area contributed by atoms with Gasteiger partial charge in [-0.25, -0.2) is 4.99 Å². The van der Waals surface area contributed by atoms with Crippen LogP contribution in [0.2, 0.25) is 0 Å². The number of nitro groups is 1. The Morgan fingerprint density at radius 3 is 2.81 bits per heavy atom. The Labute approximate surface area is 103 Å². The molecule has 2 N–H and O–H groups in total. The molecule has 0 saturated carbocycles. The Kier molecular flexibility index (Phi) is 4.19. The lowest BCUT2D eigenvalue weighted by Gasteiger charge is -2.01. The molecular weight excluding hydrogens is 304 g/mol. The predicted molar refractivity (Wildman–Crippen MR) is 62.8 cm³/mol. The number of hydrogen-bond acceptors (Lipinski definition) is 3. The number of aliphatic imine (C=N–C) groups is 1. The third kappa shape index (κ3) is 2.89. The number of nitrogens with two attached hydrogens (primary N) is 1. The van der Waals surface area contributed by atoms with E-state index in [4.69, 9.17) is 17.3 Å². The smallest absolute Gasteiger partial charge is 0.307 e. The van der Waals surface area contributed by atoms with Gasteiger partial charge in [0.05, 0.1) is 16.5 Å². The summed E-state index contributed by atoms with van der Waals surface area (Å²) in [6.07, 6.45) is 0. The number of alkyl halides is 1. The SMILES string of the molecule is NC(CCl)=Nc1cc([N+](=O)[O-])c(F)cc1Br. The lowest BCUT2D eigenvalue weighted by molar-refractivity contribution is -0.387. The summed E-state index contributed by atoms with van der Waals surface area (Å²) in [4.78, 5) is 13.5. The molecule has 0 fully saturated rings. The maximum Gasteiger partial charge on any atom is 0.307 e. The quantitative estimate of drug-likeness (QED) is 0.306. The van der Waals surface area contributed by atoms with Crippen molar-refractivity contribution in [3.05, 3.63) is 32.5 Å². The van der Waals surface area contributed by atoms with Crippen molar-refractivity contribution in [1.29, 1.82) is 0 Å². The highest BCUT2D eigenvalue weighted by Crippen LogP contribution is 2.32. The van der Waals surface area contributed by atoms with Crippen LogP contribution in [0, 0.1) is 15.9 Å². The van der Waals surface area contributed by atoms with Gasteiger partial charge in [0.2, 0.25) is 5.82 Å². The zero-order valence-corrected chi connectivity index (χ0v) is 10.1. The van der Waals surface area contributed by atoms with Crippen LogP contribution in [0.5, 0.6) is 0 Å². The third-order valence-electron chi connectivity index (χ3n) is 1.61. The first-order valence-electron chi connectivity index (χ1n) is 3.98. The van der Waals surface area contributed by atoms with Gasteiger partial charge in [0.1, 0.15) is 5.84 Å². The first-order valence-corrected chi connectivity index (χ1v) is 5.31. The maximum atomic E-state index is 13.1. The molecule has 1 aromatic rings. The molecule has 0 radical (unpaired) electrons. The van der Waals surface area contributed by atoms with E-state index in [1.165, 1.54) is 0 Å². The Morgan fingerprint density at radius 1 is 1.69 bits per heavy atom. The molecule has 0 atom stereocenters. The molecule has 8 heteroatoms. The van der Waals surface area contributed by atoms with Crippen molar-refractivity contribution in [3.8, 4) is 0 Å². The molecule has 0 unspecified atom stereocenters. The van der Waals surface area contributed by atoms with Gasteiger partial charge < -0.3 is 5.73 Å². The summed E-state index contributed by atoms with van der Waals surface area (Å²) in [5.74, 6) is -0.874. The van der Waals surface area contributed by atoms with E-state index in [0.29, 0.717) is 0 Å². The molecule has 0 heterocycles. The minimum Gasteiger partial charge on any atom is -0.386 e. The van der Waals surface area contributed by atoms with Crippen molar-refractivity contribution in [3.63, 3.8) is 0 Å². The average molecular weight is 311 g/mol. The monoisotopic (exact) mass is 309 g/mol. The first-order chi connectivity index (χ1) is 7.45. The van der Waals surface area contributed by atoms with Gasteiger partial charge in [0, 0.05) is 10.5 Å². The molecule has 0 aliphatic rings. The van der Waals surface area contributed by atoms with Crippen molar-refractivity contribution in [2.75, 3.05) is 5.88 Å². The number of nitro benzene ring substituents is 1. The molecule has 0 saturated heterocycles. The van der Waals surface area contributed by atoms with Crippen molar-refractivity contribution >= 4 is 44.7 Å². The van der Waals surface area contributed by atoms with E-state index in [9.17, 15) is 14.5 Å². The zero-order valence-electron chi connectivity index (χ0n) is 7.78. The van der Waals surface area contributed by atoms with E-state index in [0.717, 1.165) is 12.1 Å². The molecule has 86 valence electrons. The Hall–Kier alpha value is -1.21. The van der Waals surface area contributed by atoms with Crippen LogP contribution >= 0.6 is 27.5 Å². The van der Waals surface area contributed by atoms with Gasteiger partial charge in [-0.05, 0) is 22.0 Å². The van der Waals surface area contributed by atoms with Gasteiger partial charge in [0.25, 0.3) is 0 Å². The second kappa shape index (κ2) is 5.22. The molecular formula is C8H6BrClFN3O2. The Bertz CT molecular complexity index is 467. The van der Waals surface area contributed by atoms with E-state index in [1.54, 1.807) is 0 Å². The summed E-state index contributed by atoms with van der Waals surface area (Å²) in [5.41, 5.74) is 4.87. The van der Waals surface area contributed by atoms with Crippen LogP contribution in [0.1, 0.15) is 0 Å². The molecule has 0 aliphatic heterocycles. The number of nitrogens with zero attached hydrogens (tertiary/aromatic N) is 2. The van der Waals surface area contributed by atoms with Crippen molar-refractivity contribution in [1.82, 2.24) is 0 Å². The van der Waals surface area contributed by atoms with Crippen LogP contribution in [-0.4, -0.2) is 16.6 Å². The summed E-state index contributed by atoms with van der Waals surface area (Å²) in [7, 11) is 0. The summed E-state index contributed by atoms with van der Waals surface area (Å²) < 4.78 is 13.4. The number of benzene rings is 1. The Morgan fingerprint density at radius 2 is 2.31 bits per heavy atom. The van der Waals surface area contributed by atoms with E-state index in [2.05, 4.69) is 20.9 Å². The Balaban J connectivity index is 3.30. The second-order valence-corrected chi connectivity index (χ2v) is 3.87. The molecule has 0 bridgehead atoms. The van der Waals surface area contributed by atoms with E-state index >= 15 is 0 Å². The second-order valence-electron chi connectivity index (χ2n) is 2.75. The molecule has 0 amide bonds. The van der Waals surface area contributed by atoms with Crippen LogP contribution in [0.4, 0.5) is 15.8 Å². The van der Waals surface area contributed by atoms with Gasteiger partial charge in [-0.2, -0.15) is 4.39 Å². The van der Waals surface area contributed by atoms with Crippen LogP contribution in [0.25, 0.3) is 0 Å². The number of halogens is 3. The van der Waals surface area contributed by atoms with Crippen molar-refractivity contribution in [2.45, 2.75) is 0 Å². The minimum absolute atomic E-state index is 0.0163. The topological polar surface area (TPSA) is 81.5 Å². The highest BCUT2D eigenvalue weighted by atomic mass is 79.9. The number of hydrogen-bond donors (Lipinski definition) is 1. The van der Waals surface area contributed by atoms with Crippen molar-refractivity contribution < 1.29 is 9.31 Å². The summed E-state index contributed by atoms with van der Waals surface area (Å²) >= 11 is 8.43. The van der Waals surface area contributed by atoms with E-state index in [-0.39, 0.29) is 21.9 Å². The van der Waals surface area contributed by atoms with Crippen molar-refractivity contribution in [2.24, 2.45) is 10.7 Å². The lowest BCUT2D eigenvalue weighted by Crippen LogP contribution is -2.12. The summed E-state index contributed by atoms with van der Waals surface area (Å²) in [6, 6.07) is 1.94. The van der Waals surface area contributed by atoms with Gasteiger partial charge in [-0.1, -0.05) is 0 Å². The van der Waals surface area contributed by atoms with Crippen LogP contribution in [0.15, 0.2) is 21.6 Å². The maximum absolute atomic E-state index is 13.1. The average Bonchev–Trinajstić information content (AvgIpc) is 2.21. The fourth-order valence-electron chi connectivity index (χ4n) is 0.937. The molecule has 16 heavy (non-hydrogen) atoms. The van der Waals surface area contributed by atoms with Crippen LogP contribution in [-0.2, 0) is 0 Å². The molecule has 0 aliphatic carbocycles. The van der Waals surface area contributed by atoms with Crippen LogP contribution < -0.4 is 5.73 Å². The fraction of sp³-hybridized carbons (Fsp3) is 0.125. The highest BCUT2D eigenvalue weighted by molar-refractivity contribution is 9.10. The summed E-state index contributed by atoms with van der Waals surface area (Å²) in [6.45, 7) is 0. The number of amidine groups is 1. The van der Waals surface area contributed by atoms with Gasteiger partial charge in [-0.3, -0.25) is 10.1 Å². The molecule has 0 aromatic heterocycles. The summed E-state index contributed by atoms with van der Waals surface area (Å²) in [5, 5.41) is 10.5. The van der Waals surface area contributed by atoms with Gasteiger partial charge in [0.15, 0.2) is 0 Å². The lowest BCUT2D eigenvalue weighted by atomic mass is 10.2. The number of rotatable bonds is 3. The highest BCUT2D eigenvalue weighted by Gasteiger charge is 2.17. The molecule has 0 spiro atoms. The standard InChI is InChI=1S/C8H6BrClFN3O2/c9-4-1-5(11)7(14(15)16)2-6(4)13-8(12)3-10/h1-2H,3H2,(H2,12,13). The molecule has 5 nitrogen and oxygen atoms in total. The van der Waals surface area contributed by atoms with Gasteiger partial charge in [-0.15, -0.1) is 11.6 Å². The minimum atomic E-state index is -0.944. The zero-order chi connectivity index (χ0) is 12.3. The van der Waals surface area contributed by atoms with Gasteiger partial charge >= 0.3 is 5.69 Å². The molecule has 1 rings (SSSR count). The van der Waals surface area contributed by atoms with E-state index in [1.807, 2.05) is 0 Å². The largest absolute Gasteiger partial charge is 0.386 e. The predicted octanol–water partition coefficient (Wildman–Crippen LogP) is 2.72. The van der Waals surface area contributed by atoms with E-state index < -0.39 is 16.4 Å².